The van der Waals surface area contributed by atoms with E-state index in [2.05, 4.69) is 26.6 Å². The number of fused-ring (bicyclic) bond motifs is 5. The van der Waals surface area contributed by atoms with E-state index in [0.29, 0.717) is 61.3 Å². The highest BCUT2D eigenvalue weighted by atomic mass is 16.5. The zero-order valence-electron chi connectivity index (χ0n) is 25.9. The summed E-state index contributed by atoms with van der Waals surface area (Å²) in [5.74, 6) is 2.87. The van der Waals surface area contributed by atoms with Gasteiger partial charge in [0.1, 0.15) is 23.6 Å². The summed E-state index contributed by atoms with van der Waals surface area (Å²) in [7, 11) is 0. The first-order chi connectivity index (χ1) is 21.3. The van der Waals surface area contributed by atoms with E-state index in [1.165, 1.54) is 19.3 Å². The van der Waals surface area contributed by atoms with Gasteiger partial charge in [-0.2, -0.15) is 0 Å². The van der Waals surface area contributed by atoms with Crippen LogP contribution >= 0.6 is 0 Å². The van der Waals surface area contributed by atoms with Crippen LogP contribution in [0.5, 0.6) is 5.88 Å². The maximum Gasteiger partial charge on any atom is 0.246 e. The topological polar surface area (TPSA) is 123 Å². The summed E-state index contributed by atoms with van der Waals surface area (Å²) in [5, 5.41) is 21.7. The maximum absolute atomic E-state index is 13.4. The number of ether oxygens (including phenoxy) is 1. The number of hydrogen-bond donors (Lipinski definition) is 1. The van der Waals surface area contributed by atoms with Gasteiger partial charge in [-0.3, -0.25) is 9.69 Å². The summed E-state index contributed by atoms with van der Waals surface area (Å²) in [6.45, 7) is 6.26. The highest BCUT2D eigenvalue weighted by Gasteiger charge is 2.49. The number of hydrogen-bond acceptors (Lipinski definition) is 10. The first-order valence-electron chi connectivity index (χ1n) is 17.0. The number of rotatable bonds is 3. The Morgan fingerprint density at radius 2 is 1.89 bits per heavy atom. The van der Waals surface area contributed by atoms with Crippen molar-refractivity contribution in [3.05, 3.63) is 11.3 Å². The second-order valence-electron chi connectivity index (χ2n) is 14.8. The number of anilines is 1. The molecule has 0 aromatic carbocycles. The molecule has 11 nitrogen and oxygen atoms in total. The number of Topliss-reactive ketones (excluding diaryl/α,β-unsaturated/α-hetero) is 1. The van der Waals surface area contributed by atoms with Crippen LogP contribution in [-0.4, -0.2) is 84.1 Å². The lowest BCUT2D eigenvalue weighted by molar-refractivity contribution is -0.128. The Hall–Kier alpha value is -3.05. The molecule has 3 aromatic rings. The van der Waals surface area contributed by atoms with Gasteiger partial charge in [-0.1, -0.05) is 11.6 Å². The van der Waals surface area contributed by atoms with Crippen LogP contribution in [0.1, 0.15) is 108 Å². The molecule has 7 heterocycles. The summed E-state index contributed by atoms with van der Waals surface area (Å²) in [5.41, 5.74) is 0.980. The van der Waals surface area contributed by atoms with Crippen molar-refractivity contribution in [1.82, 2.24) is 29.8 Å². The number of carbonyl (C=O) groups excluding carboxylic acids is 1. The second kappa shape index (κ2) is 9.72. The lowest BCUT2D eigenvalue weighted by Gasteiger charge is -2.42. The third kappa shape index (κ3) is 3.90. The van der Waals surface area contributed by atoms with Gasteiger partial charge < -0.3 is 19.3 Å². The van der Waals surface area contributed by atoms with Crippen molar-refractivity contribution in [2.75, 3.05) is 24.6 Å². The fraction of sp³-hybridized carbons (Fsp3) is 0.727. The van der Waals surface area contributed by atoms with Crippen LogP contribution in [0, 0.1) is 0 Å². The molecule has 2 aliphatic carbocycles. The predicted molar refractivity (Wildman–Crippen MR) is 163 cm³/mol. The molecule has 0 amide bonds. The fourth-order valence-electron chi connectivity index (χ4n) is 9.68. The van der Waals surface area contributed by atoms with Crippen molar-refractivity contribution in [3.63, 3.8) is 0 Å². The Bertz CT molecular complexity index is 1650. The smallest absolute Gasteiger partial charge is 0.246 e. The zero-order valence-corrected chi connectivity index (χ0v) is 25.9. The fourth-order valence-corrected chi connectivity index (χ4v) is 9.68. The monoisotopic (exact) mass is 601 g/mol. The van der Waals surface area contributed by atoms with Crippen molar-refractivity contribution in [2.45, 2.75) is 133 Å². The summed E-state index contributed by atoms with van der Waals surface area (Å²) in [6, 6.07) is 1.24. The Kier molecular flexibility index (Phi) is 6.03. The minimum Gasteiger partial charge on any atom is -0.474 e. The summed E-state index contributed by atoms with van der Waals surface area (Å²) < 4.78 is 14.6. The molecule has 4 aliphatic heterocycles. The van der Waals surface area contributed by atoms with Crippen LogP contribution in [0.2, 0.25) is 0 Å². The maximum atomic E-state index is 13.4. The molecule has 1 unspecified atom stereocenters. The molecular weight excluding hydrogens is 558 g/mol. The van der Waals surface area contributed by atoms with Gasteiger partial charge in [0.05, 0.1) is 23.1 Å². The quantitative estimate of drug-likeness (QED) is 0.459. The minimum atomic E-state index is -0.836. The molecule has 1 N–H and O–H groups in total. The normalized spacial score (nSPS) is 34.1. The SMILES string of the molecule is C[C@@H]([C@@H]1CCC2CCCN21)n1nc2c3c(nc(-c4noc5c4CCC[C@@]54CCCCC4=O)nc31)N1C[C@](C)(O)CC[C@@H]1CO2. The second-order valence-corrected chi connectivity index (χ2v) is 14.8. The summed E-state index contributed by atoms with van der Waals surface area (Å²) in [4.78, 5) is 28.7. The molecule has 1 spiro atoms. The molecule has 44 heavy (non-hydrogen) atoms. The third-order valence-corrected chi connectivity index (χ3v) is 12.0. The molecule has 3 saturated heterocycles. The molecule has 11 heteroatoms. The van der Waals surface area contributed by atoms with Crippen LogP contribution in [0.25, 0.3) is 22.6 Å². The number of ketones is 1. The van der Waals surface area contributed by atoms with E-state index in [1.54, 1.807) is 0 Å². The van der Waals surface area contributed by atoms with E-state index in [9.17, 15) is 9.90 Å². The van der Waals surface area contributed by atoms with Crippen LogP contribution < -0.4 is 9.64 Å². The van der Waals surface area contributed by atoms with Crippen molar-refractivity contribution < 1.29 is 19.2 Å². The van der Waals surface area contributed by atoms with E-state index >= 15 is 0 Å². The molecule has 6 atom stereocenters. The Morgan fingerprint density at radius 1 is 1.00 bits per heavy atom. The highest BCUT2D eigenvalue weighted by molar-refractivity contribution is 5.95. The number of carbonyl (C=O) groups is 1. The Balaban J connectivity index is 1.22. The molecule has 0 bridgehead atoms. The van der Waals surface area contributed by atoms with E-state index < -0.39 is 11.0 Å². The molecule has 0 radical (unpaired) electrons. The summed E-state index contributed by atoms with van der Waals surface area (Å²) in [6.07, 6.45) is 12.4. The molecule has 6 aliphatic rings. The molecule has 234 valence electrons. The predicted octanol–water partition coefficient (Wildman–Crippen LogP) is 4.50. The van der Waals surface area contributed by atoms with Gasteiger partial charge in [-0.25, -0.2) is 14.6 Å². The van der Waals surface area contributed by atoms with Crippen LogP contribution in [0.4, 0.5) is 5.82 Å². The van der Waals surface area contributed by atoms with E-state index in [-0.39, 0.29) is 12.1 Å². The van der Waals surface area contributed by atoms with Gasteiger partial charge in [-0.15, -0.1) is 5.10 Å². The van der Waals surface area contributed by atoms with Gasteiger partial charge in [-0.05, 0) is 91.0 Å². The average molecular weight is 602 g/mol. The number of aromatic nitrogens is 5. The molecule has 3 aromatic heterocycles. The standard InChI is InChI=1S/C33H43N7O4/c1-19(23-11-10-20-7-6-16-38(20)23)40-30-25-29(39-18-32(2,42)15-12-21(39)17-43-31(25)36-40)34-28(35-30)26-22-8-5-14-33(27(22)44-37-26)13-4-3-9-24(33)41/h19-21,23,42H,3-18H2,1-2H3/t19-,20?,21+,23-,32+,33+/m0/s1. The first kappa shape index (κ1) is 27.3. The van der Waals surface area contributed by atoms with Crippen molar-refractivity contribution >= 4 is 22.6 Å². The van der Waals surface area contributed by atoms with Crippen LogP contribution in [-0.2, 0) is 16.6 Å². The largest absolute Gasteiger partial charge is 0.474 e. The van der Waals surface area contributed by atoms with Crippen LogP contribution in [0.15, 0.2) is 4.52 Å². The molecule has 1 saturated carbocycles. The van der Waals surface area contributed by atoms with Crippen LogP contribution in [0.3, 0.4) is 0 Å². The number of piperidine rings is 1. The van der Waals surface area contributed by atoms with Crippen molar-refractivity contribution in [3.8, 4) is 17.4 Å². The lowest BCUT2D eigenvalue weighted by Crippen LogP contribution is -2.53. The van der Waals surface area contributed by atoms with Gasteiger partial charge in [0.2, 0.25) is 5.88 Å². The van der Waals surface area contributed by atoms with Gasteiger partial charge >= 0.3 is 0 Å². The molecule has 4 fully saturated rings. The Labute approximate surface area is 257 Å². The average Bonchev–Trinajstić information content (AvgIpc) is 3.79. The van der Waals surface area contributed by atoms with Crippen molar-refractivity contribution in [2.24, 2.45) is 0 Å². The van der Waals surface area contributed by atoms with E-state index in [0.717, 1.165) is 86.1 Å². The molecular formula is C33H43N7O4. The Morgan fingerprint density at radius 3 is 2.77 bits per heavy atom. The highest BCUT2D eigenvalue weighted by Crippen LogP contribution is 2.49. The van der Waals surface area contributed by atoms with Gasteiger partial charge in [0.25, 0.3) is 0 Å². The minimum absolute atomic E-state index is 0.0794. The molecule has 9 rings (SSSR count). The third-order valence-electron chi connectivity index (χ3n) is 12.0. The zero-order chi connectivity index (χ0) is 29.8. The van der Waals surface area contributed by atoms with Crippen molar-refractivity contribution in [1.29, 1.82) is 0 Å². The first-order valence-corrected chi connectivity index (χ1v) is 17.0. The van der Waals surface area contributed by atoms with Gasteiger partial charge in [0, 0.05) is 30.6 Å². The number of nitrogens with zero attached hydrogens (tertiary/aromatic N) is 7. The van der Waals surface area contributed by atoms with E-state index in [4.69, 9.17) is 24.3 Å². The number of aliphatic hydroxyl groups is 1. The van der Waals surface area contributed by atoms with E-state index in [1.807, 2.05) is 6.92 Å². The summed E-state index contributed by atoms with van der Waals surface area (Å²) >= 11 is 0. The lowest BCUT2D eigenvalue weighted by atomic mass is 9.64. The van der Waals surface area contributed by atoms with Gasteiger partial charge in [0.15, 0.2) is 22.9 Å².